The first-order chi connectivity index (χ1) is 12.5. The third-order valence-electron chi connectivity index (χ3n) is 4.35. The topological polar surface area (TPSA) is 63.1 Å². The van der Waals surface area contributed by atoms with E-state index < -0.39 is 5.54 Å². The molecule has 0 aromatic carbocycles. The van der Waals surface area contributed by atoms with E-state index in [0.717, 1.165) is 49.9 Å². The maximum absolute atomic E-state index is 5.03. The number of likely N-dealkylation sites (N-methyl/N-ethyl adjacent to an activating group) is 1. The van der Waals surface area contributed by atoms with Gasteiger partial charge in [-0.3, -0.25) is 0 Å². The Kier molecular flexibility index (Phi) is 4.60. The van der Waals surface area contributed by atoms with Gasteiger partial charge in [-0.05, 0) is 34.2 Å². The largest absolute Gasteiger partial charge is 0.303 e. The van der Waals surface area contributed by atoms with Gasteiger partial charge in [0.2, 0.25) is 0 Å². The van der Waals surface area contributed by atoms with E-state index in [9.17, 15) is 0 Å². The summed E-state index contributed by atoms with van der Waals surface area (Å²) in [5.41, 5.74) is 4.34. The van der Waals surface area contributed by atoms with Crippen molar-refractivity contribution in [1.82, 2.24) is 20.3 Å². The van der Waals surface area contributed by atoms with Crippen LogP contribution >= 0.6 is 34.0 Å². The second kappa shape index (κ2) is 6.77. The van der Waals surface area contributed by atoms with Crippen LogP contribution in [-0.4, -0.2) is 27.7 Å². The van der Waals surface area contributed by atoms with E-state index in [1.807, 2.05) is 27.8 Å². The van der Waals surface area contributed by atoms with Crippen LogP contribution in [-0.2, 0) is 5.54 Å². The standard InChI is InChI=1S/C18H19N5S3/c1-10-7-25-16(20-10)13-5-6-18(19-4,17-21-11(2)8-26-17)15(23-13)14-9-24-12(3)22-14/h5,7-9,19H,6H2,1-4H3. The van der Waals surface area contributed by atoms with Gasteiger partial charge in [-0.2, -0.15) is 0 Å². The van der Waals surface area contributed by atoms with Crippen molar-refractivity contribution in [2.45, 2.75) is 32.7 Å². The first kappa shape index (κ1) is 17.7. The molecule has 0 bridgehead atoms. The van der Waals surface area contributed by atoms with Crippen molar-refractivity contribution in [2.75, 3.05) is 7.05 Å². The van der Waals surface area contributed by atoms with Gasteiger partial charge in [-0.25, -0.2) is 19.9 Å². The van der Waals surface area contributed by atoms with Crippen molar-refractivity contribution < 1.29 is 0 Å². The van der Waals surface area contributed by atoms with E-state index in [4.69, 9.17) is 15.0 Å². The average molecular weight is 402 g/mol. The number of nitrogens with one attached hydrogen (secondary N) is 1. The van der Waals surface area contributed by atoms with Crippen LogP contribution in [0.15, 0.2) is 27.2 Å². The molecule has 1 unspecified atom stereocenters. The Labute approximate surface area is 164 Å². The van der Waals surface area contributed by atoms with Gasteiger partial charge in [-0.1, -0.05) is 6.08 Å². The van der Waals surface area contributed by atoms with Gasteiger partial charge in [0.25, 0.3) is 0 Å². The normalized spacial score (nSPS) is 20.2. The summed E-state index contributed by atoms with van der Waals surface area (Å²) in [5, 5.41) is 12.7. The lowest BCUT2D eigenvalue weighted by molar-refractivity contribution is 0.490. The summed E-state index contributed by atoms with van der Waals surface area (Å²) in [7, 11) is 1.97. The number of aryl methyl sites for hydroxylation is 3. The molecule has 0 fully saturated rings. The van der Waals surface area contributed by atoms with Crippen LogP contribution in [0.4, 0.5) is 0 Å². The number of nitrogens with zero attached hydrogens (tertiary/aromatic N) is 4. The highest BCUT2D eigenvalue weighted by Crippen LogP contribution is 2.39. The van der Waals surface area contributed by atoms with E-state index in [1.54, 1.807) is 34.0 Å². The van der Waals surface area contributed by atoms with Gasteiger partial charge >= 0.3 is 0 Å². The average Bonchev–Trinajstić information content (AvgIpc) is 3.36. The van der Waals surface area contributed by atoms with Gasteiger partial charge in [0.05, 0.1) is 22.1 Å². The fourth-order valence-corrected chi connectivity index (χ4v) is 5.42. The zero-order chi connectivity index (χ0) is 18.3. The third kappa shape index (κ3) is 2.96. The molecular formula is C18H19N5S3. The fraction of sp³-hybridized carbons (Fsp3) is 0.333. The summed E-state index contributed by atoms with van der Waals surface area (Å²) in [6, 6.07) is 0. The highest BCUT2D eigenvalue weighted by molar-refractivity contribution is 7.11. The molecule has 3 aromatic heterocycles. The van der Waals surface area contributed by atoms with Crippen molar-refractivity contribution in [3.8, 4) is 0 Å². The highest BCUT2D eigenvalue weighted by atomic mass is 32.1. The van der Waals surface area contributed by atoms with Gasteiger partial charge in [0.1, 0.15) is 15.6 Å². The smallest absolute Gasteiger partial charge is 0.141 e. The van der Waals surface area contributed by atoms with E-state index >= 15 is 0 Å². The molecule has 3 aromatic rings. The molecule has 4 heterocycles. The van der Waals surface area contributed by atoms with Crippen LogP contribution in [0.3, 0.4) is 0 Å². The molecule has 0 saturated carbocycles. The summed E-state index contributed by atoms with van der Waals surface area (Å²) >= 11 is 4.93. The van der Waals surface area contributed by atoms with E-state index in [-0.39, 0.29) is 0 Å². The van der Waals surface area contributed by atoms with Crippen LogP contribution in [0.1, 0.15) is 38.5 Å². The molecule has 0 spiro atoms. The Bertz CT molecular complexity index is 1010. The van der Waals surface area contributed by atoms with Crippen LogP contribution < -0.4 is 5.32 Å². The van der Waals surface area contributed by atoms with Crippen LogP contribution in [0.5, 0.6) is 0 Å². The highest BCUT2D eigenvalue weighted by Gasteiger charge is 2.42. The van der Waals surface area contributed by atoms with Crippen molar-refractivity contribution in [3.05, 3.63) is 54.3 Å². The molecule has 134 valence electrons. The van der Waals surface area contributed by atoms with Crippen LogP contribution in [0.25, 0.3) is 5.70 Å². The summed E-state index contributed by atoms with van der Waals surface area (Å²) in [5.74, 6) is 0. The lowest BCUT2D eigenvalue weighted by Crippen LogP contribution is -2.48. The van der Waals surface area contributed by atoms with Crippen LogP contribution in [0, 0.1) is 20.8 Å². The molecule has 1 aliphatic heterocycles. The lowest BCUT2D eigenvalue weighted by atomic mass is 9.85. The molecule has 0 saturated heterocycles. The Hall–Kier alpha value is -1.74. The second-order valence-corrected chi connectivity index (χ2v) is 9.03. The molecule has 0 radical (unpaired) electrons. The number of thiazole rings is 3. The van der Waals surface area contributed by atoms with Crippen molar-refractivity contribution in [1.29, 1.82) is 0 Å². The second-order valence-electron chi connectivity index (χ2n) is 6.25. The van der Waals surface area contributed by atoms with Crippen molar-refractivity contribution in [3.63, 3.8) is 0 Å². The minimum Gasteiger partial charge on any atom is -0.303 e. The Morgan fingerprint density at radius 2 is 1.73 bits per heavy atom. The molecule has 1 atom stereocenters. The number of aromatic nitrogens is 3. The van der Waals surface area contributed by atoms with Gasteiger partial charge in [-0.15, -0.1) is 34.0 Å². The Balaban J connectivity index is 1.88. The summed E-state index contributed by atoms with van der Waals surface area (Å²) in [6.45, 7) is 6.05. The molecule has 5 nitrogen and oxygen atoms in total. The van der Waals surface area contributed by atoms with Gasteiger partial charge in [0.15, 0.2) is 0 Å². The zero-order valence-electron chi connectivity index (χ0n) is 15.0. The van der Waals surface area contributed by atoms with E-state index in [1.165, 1.54) is 0 Å². The molecule has 1 N–H and O–H groups in total. The third-order valence-corrected chi connectivity index (χ3v) is 7.23. The molecule has 4 rings (SSSR count). The fourth-order valence-electron chi connectivity index (χ4n) is 3.03. The van der Waals surface area contributed by atoms with Crippen LogP contribution in [0.2, 0.25) is 0 Å². The Morgan fingerprint density at radius 3 is 2.31 bits per heavy atom. The van der Waals surface area contributed by atoms with Gasteiger partial charge < -0.3 is 5.32 Å². The first-order valence-electron chi connectivity index (χ1n) is 8.27. The minimum absolute atomic E-state index is 0.463. The summed E-state index contributed by atoms with van der Waals surface area (Å²) in [6.07, 6.45) is 2.92. The van der Waals surface area contributed by atoms with Gasteiger partial charge in [0, 0.05) is 27.5 Å². The summed E-state index contributed by atoms with van der Waals surface area (Å²) < 4.78 is 0. The number of rotatable bonds is 4. The monoisotopic (exact) mass is 401 g/mol. The quantitative estimate of drug-likeness (QED) is 0.707. The predicted molar refractivity (Wildman–Crippen MR) is 110 cm³/mol. The lowest BCUT2D eigenvalue weighted by Gasteiger charge is -2.34. The molecule has 26 heavy (non-hydrogen) atoms. The first-order valence-corrected chi connectivity index (χ1v) is 10.9. The number of hydrogen-bond donors (Lipinski definition) is 1. The Morgan fingerprint density at radius 1 is 0.962 bits per heavy atom. The summed E-state index contributed by atoms with van der Waals surface area (Å²) in [4.78, 5) is 19.1. The zero-order valence-corrected chi connectivity index (χ0v) is 17.5. The maximum atomic E-state index is 5.03. The SMILES string of the molecule is CNC1(c2nc(C)cs2)CC=C(c2nc(C)cs2)N=C1c1csc(C)n1. The maximum Gasteiger partial charge on any atom is 0.141 e. The molecule has 0 amide bonds. The number of hydrogen-bond acceptors (Lipinski definition) is 8. The molecule has 1 aliphatic rings. The number of aliphatic imine (C=N–C) groups is 1. The minimum atomic E-state index is -0.463. The molecule has 8 heteroatoms. The molecular weight excluding hydrogens is 382 g/mol. The molecule has 0 aliphatic carbocycles. The predicted octanol–water partition coefficient (Wildman–Crippen LogP) is 4.33. The van der Waals surface area contributed by atoms with Crippen molar-refractivity contribution >= 4 is 45.4 Å². The van der Waals surface area contributed by atoms with E-state index in [2.05, 4.69) is 32.5 Å². The van der Waals surface area contributed by atoms with Crippen molar-refractivity contribution in [2.24, 2.45) is 4.99 Å². The van der Waals surface area contributed by atoms with E-state index in [0.29, 0.717) is 0 Å².